The van der Waals surface area contributed by atoms with Crippen LogP contribution in [0, 0.1) is 5.92 Å². The van der Waals surface area contributed by atoms with Crippen molar-refractivity contribution in [3.05, 3.63) is 23.7 Å². The molecule has 0 amide bonds. The lowest BCUT2D eigenvalue weighted by atomic mass is 9.85. The molecule has 3 nitrogen and oxygen atoms in total. The average molecular weight is 222 g/mol. The summed E-state index contributed by atoms with van der Waals surface area (Å²) in [6, 6.07) is 2.05. The molecule has 16 heavy (non-hydrogen) atoms. The van der Waals surface area contributed by atoms with E-state index >= 15 is 0 Å². The summed E-state index contributed by atoms with van der Waals surface area (Å²) in [6.07, 6.45) is 5.98. The van der Waals surface area contributed by atoms with Gasteiger partial charge in [0.15, 0.2) is 0 Å². The fraction of sp³-hybridized carbons (Fsp3) is 0.692. The molecule has 0 spiro atoms. The van der Waals surface area contributed by atoms with E-state index in [1.165, 1.54) is 31.4 Å². The van der Waals surface area contributed by atoms with Crippen LogP contribution in [0.4, 0.5) is 0 Å². The van der Waals surface area contributed by atoms with E-state index in [1.54, 1.807) is 6.26 Å². The quantitative estimate of drug-likeness (QED) is 0.803. The summed E-state index contributed by atoms with van der Waals surface area (Å²) in [5, 5.41) is 0. The monoisotopic (exact) mass is 222 g/mol. The maximum atomic E-state index is 5.64. The van der Waals surface area contributed by atoms with Crippen LogP contribution in [0.1, 0.15) is 37.5 Å². The van der Waals surface area contributed by atoms with Crippen molar-refractivity contribution in [2.24, 2.45) is 11.7 Å². The third-order valence-electron chi connectivity index (χ3n) is 3.61. The first-order valence-corrected chi connectivity index (χ1v) is 6.31. The second-order valence-electron chi connectivity index (χ2n) is 4.70. The molecular formula is C13H22N2O. The molecule has 0 atom stereocenters. The largest absolute Gasteiger partial charge is 0.468 e. The van der Waals surface area contributed by atoms with Gasteiger partial charge in [-0.15, -0.1) is 0 Å². The van der Waals surface area contributed by atoms with Crippen LogP contribution < -0.4 is 5.73 Å². The summed E-state index contributed by atoms with van der Waals surface area (Å²) in [6.45, 7) is 6.04. The molecule has 0 aliphatic heterocycles. The summed E-state index contributed by atoms with van der Waals surface area (Å²) in [7, 11) is 0. The van der Waals surface area contributed by atoms with Gasteiger partial charge >= 0.3 is 0 Å². The summed E-state index contributed by atoms with van der Waals surface area (Å²) in [4.78, 5) is 2.49. The first kappa shape index (κ1) is 11.7. The van der Waals surface area contributed by atoms with E-state index in [-0.39, 0.29) is 0 Å². The highest BCUT2D eigenvalue weighted by Crippen LogP contribution is 2.27. The Morgan fingerprint density at radius 3 is 2.88 bits per heavy atom. The predicted molar refractivity (Wildman–Crippen MR) is 64.9 cm³/mol. The van der Waals surface area contributed by atoms with E-state index in [2.05, 4.69) is 11.8 Å². The number of rotatable bonds is 6. The average Bonchev–Trinajstić information content (AvgIpc) is 2.68. The van der Waals surface area contributed by atoms with Gasteiger partial charge in [-0.1, -0.05) is 13.3 Å². The molecule has 1 aliphatic rings. The SMILES string of the molecule is CCN(Cc1ccoc1CN)CC1CCC1. The highest BCUT2D eigenvalue weighted by Gasteiger charge is 2.20. The van der Waals surface area contributed by atoms with Crippen molar-refractivity contribution < 1.29 is 4.42 Å². The zero-order valence-electron chi connectivity index (χ0n) is 10.1. The smallest absolute Gasteiger partial charge is 0.121 e. The molecule has 0 aromatic carbocycles. The van der Waals surface area contributed by atoms with Gasteiger partial charge in [0.05, 0.1) is 12.8 Å². The Hall–Kier alpha value is -0.800. The standard InChI is InChI=1S/C13H22N2O/c1-2-15(9-11-4-3-5-11)10-12-6-7-16-13(12)8-14/h6-7,11H,2-5,8-10,14H2,1H3. The van der Waals surface area contributed by atoms with E-state index in [9.17, 15) is 0 Å². The van der Waals surface area contributed by atoms with Gasteiger partial charge in [-0.05, 0) is 31.4 Å². The lowest BCUT2D eigenvalue weighted by Crippen LogP contribution is -2.32. The second kappa shape index (κ2) is 5.51. The highest BCUT2D eigenvalue weighted by molar-refractivity contribution is 5.16. The van der Waals surface area contributed by atoms with Crippen molar-refractivity contribution in [1.82, 2.24) is 4.90 Å². The number of furan rings is 1. The Morgan fingerprint density at radius 1 is 1.50 bits per heavy atom. The Balaban J connectivity index is 1.89. The molecular weight excluding hydrogens is 200 g/mol. The van der Waals surface area contributed by atoms with Crippen LogP contribution in [0.25, 0.3) is 0 Å². The van der Waals surface area contributed by atoms with Crippen molar-refractivity contribution in [1.29, 1.82) is 0 Å². The van der Waals surface area contributed by atoms with Crippen molar-refractivity contribution in [3.63, 3.8) is 0 Å². The maximum Gasteiger partial charge on any atom is 0.121 e. The first-order valence-electron chi connectivity index (χ1n) is 6.31. The van der Waals surface area contributed by atoms with Crippen molar-refractivity contribution in [3.8, 4) is 0 Å². The predicted octanol–water partition coefficient (Wildman–Crippen LogP) is 2.36. The Labute approximate surface area is 97.6 Å². The summed E-state index contributed by atoms with van der Waals surface area (Å²) < 4.78 is 5.35. The third kappa shape index (κ3) is 2.66. The zero-order chi connectivity index (χ0) is 11.4. The van der Waals surface area contributed by atoms with Crippen molar-refractivity contribution >= 4 is 0 Å². The van der Waals surface area contributed by atoms with Crippen LogP contribution in [0.5, 0.6) is 0 Å². The zero-order valence-corrected chi connectivity index (χ0v) is 10.1. The van der Waals surface area contributed by atoms with Gasteiger partial charge in [0.1, 0.15) is 5.76 Å². The highest BCUT2D eigenvalue weighted by atomic mass is 16.3. The minimum atomic E-state index is 0.503. The minimum Gasteiger partial charge on any atom is -0.468 e. The van der Waals surface area contributed by atoms with Gasteiger partial charge in [0, 0.05) is 18.7 Å². The molecule has 1 aromatic heterocycles. The fourth-order valence-electron chi connectivity index (χ4n) is 2.27. The van der Waals surface area contributed by atoms with Gasteiger partial charge in [-0.25, -0.2) is 0 Å². The summed E-state index contributed by atoms with van der Waals surface area (Å²) >= 11 is 0. The molecule has 3 heteroatoms. The molecule has 0 radical (unpaired) electrons. The normalized spacial score (nSPS) is 16.7. The van der Waals surface area contributed by atoms with Crippen molar-refractivity contribution in [2.45, 2.75) is 39.3 Å². The maximum absolute atomic E-state index is 5.64. The molecule has 1 fully saturated rings. The molecule has 1 saturated carbocycles. The second-order valence-corrected chi connectivity index (χ2v) is 4.70. The minimum absolute atomic E-state index is 0.503. The lowest BCUT2D eigenvalue weighted by molar-refractivity contribution is 0.177. The number of nitrogens with zero attached hydrogens (tertiary/aromatic N) is 1. The van der Waals surface area contributed by atoms with Gasteiger partial charge < -0.3 is 10.2 Å². The van der Waals surface area contributed by atoms with E-state index in [0.717, 1.165) is 24.8 Å². The first-order chi connectivity index (χ1) is 7.83. The third-order valence-corrected chi connectivity index (χ3v) is 3.61. The van der Waals surface area contributed by atoms with Gasteiger partial charge in [-0.2, -0.15) is 0 Å². The summed E-state index contributed by atoms with van der Waals surface area (Å²) in [5.41, 5.74) is 6.89. The van der Waals surface area contributed by atoms with Crippen LogP contribution in [-0.2, 0) is 13.1 Å². The van der Waals surface area contributed by atoms with Crippen molar-refractivity contribution in [2.75, 3.05) is 13.1 Å². The number of hydrogen-bond acceptors (Lipinski definition) is 3. The molecule has 0 bridgehead atoms. The molecule has 2 rings (SSSR count). The van der Waals surface area contributed by atoms with E-state index in [0.29, 0.717) is 6.54 Å². The molecule has 1 aromatic rings. The Morgan fingerprint density at radius 2 is 2.31 bits per heavy atom. The Bertz CT molecular complexity index is 317. The van der Waals surface area contributed by atoms with Gasteiger partial charge in [0.25, 0.3) is 0 Å². The number of hydrogen-bond donors (Lipinski definition) is 1. The molecule has 0 unspecified atom stereocenters. The topological polar surface area (TPSA) is 42.4 Å². The fourth-order valence-corrected chi connectivity index (χ4v) is 2.27. The molecule has 2 N–H and O–H groups in total. The van der Waals surface area contributed by atoms with E-state index in [4.69, 9.17) is 10.2 Å². The van der Waals surface area contributed by atoms with Crippen LogP contribution in [0.15, 0.2) is 16.7 Å². The van der Waals surface area contributed by atoms with E-state index in [1.807, 2.05) is 6.07 Å². The molecule has 0 saturated heterocycles. The van der Waals surface area contributed by atoms with Gasteiger partial charge in [0.2, 0.25) is 0 Å². The summed E-state index contributed by atoms with van der Waals surface area (Å²) in [5.74, 6) is 1.86. The van der Waals surface area contributed by atoms with Crippen LogP contribution in [-0.4, -0.2) is 18.0 Å². The number of nitrogens with two attached hydrogens (primary N) is 1. The molecule has 1 heterocycles. The van der Waals surface area contributed by atoms with E-state index < -0.39 is 0 Å². The molecule has 1 aliphatic carbocycles. The Kier molecular flexibility index (Phi) is 4.02. The van der Waals surface area contributed by atoms with Crippen LogP contribution >= 0.6 is 0 Å². The lowest BCUT2D eigenvalue weighted by Gasteiger charge is -2.31. The van der Waals surface area contributed by atoms with Crippen LogP contribution in [0.3, 0.4) is 0 Å². The van der Waals surface area contributed by atoms with Gasteiger partial charge in [-0.3, -0.25) is 4.90 Å². The van der Waals surface area contributed by atoms with Crippen LogP contribution in [0.2, 0.25) is 0 Å². The molecule has 90 valence electrons.